The molecule has 3 aromatic rings. The van der Waals surface area contributed by atoms with Gasteiger partial charge in [0.2, 0.25) is 0 Å². The summed E-state index contributed by atoms with van der Waals surface area (Å²) in [6, 6.07) is 26.5. The summed E-state index contributed by atoms with van der Waals surface area (Å²) >= 11 is 0. The largest absolute Gasteiger partial charge is 0.0654 e. The summed E-state index contributed by atoms with van der Waals surface area (Å²) in [7, 11) is 0. The number of fused-ring (bicyclic) bond motifs is 1. The first-order valence-corrected chi connectivity index (χ1v) is 8.39. The normalized spacial score (nSPS) is 12.4. The van der Waals surface area contributed by atoms with Crippen molar-refractivity contribution in [2.45, 2.75) is 38.5 Å². The first-order valence-electron chi connectivity index (χ1n) is 8.39. The molecule has 3 rings (SSSR count). The predicted molar refractivity (Wildman–Crippen MR) is 96.4 cm³/mol. The Morgan fingerprint density at radius 3 is 2.27 bits per heavy atom. The zero-order valence-electron chi connectivity index (χ0n) is 13.3. The maximum absolute atomic E-state index is 2.36. The molecule has 0 fully saturated rings. The summed E-state index contributed by atoms with van der Waals surface area (Å²) in [5.74, 6) is 0.627. The minimum atomic E-state index is 0.627. The fourth-order valence-electron chi connectivity index (χ4n) is 3.21. The van der Waals surface area contributed by atoms with Gasteiger partial charge in [0, 0.05) is 0 Å². The van der Waals surface area contributed by atoms with Crippen molar-refractivity contribution in [3.8, 4) is 0 Å². The first-order chi connectivity index (χ1) is 10.9. The van der Waals surface area contributed by atoms with Gasteiger partial charge in [-0.15, -0.1) is 0 Å². The lowest BCUT2D eigenvalue weighted by atomic mass is 9.87. The highest BCUT2D eigenvalue weighted by Gasteiger charge is 2.12. The maximum atomic E-state index is 2.36. The zero-order valence-corrected chi connectivity index (χ0v) is 13.3. The molecule has 0 aliphatic carbocycles. The van der Waals surface area contributed by atoms with Crippen molar-refractivity contribution in [3.05, 3.63) is 83.9 Å². The van der Waals surface area contributed by atoms with Gasteiger partial charge in [-0.2, -0.15) is 0 Å². The molecule has 0 heterocycles. The van der Waals surface area contributed by atoms with Crippen LogP contribution in [0.4, 0.5) is 0 Å². The molecule has 0 aliphatic rings. The first kappa shape index (κ1) is 14.8. The van der Waals surface area contributed by atoms with Crippen LogP contribution >= 0.6 is 0 Å². The van der Waals surface area contributed by atoms with Crippen LogP contribution in [0.1, 0.15) is 43.2 Å². The van der Waals surface area contributed by atoms with Gasteiger partial charge >= 0.3 is 0 Å². The van der Waals surface area contributed by atoms with Gasteiger partial charge in [0.05, 0.1) is 0 Å². The van der Waals surface area contributed by atoms with E-state index in [0.29, 0.717) is 5.92 Å². The summed E-state index contributed by atoms with van der Waals surface area (Å²) in [6.07, 6.45) is 4.97. The molecule has 0 saturated heterocycles. The summed E-state index contributed by atoms with van der Waals surface area (Å²) in [4.78, 5) is 0. The lowest BCUT2D eigenvalue weighted by molar-refractivity contribution is 0.581. The van der Waals surface area contributed by atoms with E-state index in [1.165, 1.54) is 41.2 Å². The Bertz CT molecular complexity index is 712. The molecule has 3 aromatic carbocycles. The van der Waals surface area contributed by atoms with E-state index in [2.05, 4.69) is 79.7 Å². The van der Waals surface area contributed by atoms with Crippen LogP contribution in [0.2, 0.25) is 0 Å². The zero-order chi connectivity index (χ0) is 15.2. The van der Waals surface area contributed by atoms with E-state index in [-0.39, 0.29) is 0 Å². The molecule has 1 atom stereocenters. The van der Waals surface area contributed by atoms with Gasteiger partial charge in [-0.3, -0.25) is 0 Å². The van der Waals surface area contributed by atoms with Crippen molar-refractivity contribution >= 4 is 10.8 Å². The van der Waals surface area contributed by atoms with Gasteiger partial charge in [-0.25, -0.2) is 0 Å². The minimum absolute atomic E-state index is 0.627. The molecular formula is C22H24. The fourth-order valence-corrected chi connectivity index (χ4v) is 3.21. The number of unbranched alkanes of at least 4 members (excludes halogenated alkanes) is 1. The summed E-state index contributed by atoms with van der Waals surface area (Å²) < 4.78 is 0. The van der Waals surface area contributed by atoms with Gasteiger partial charge in [0.1, 0.15) is 0 Å². The molecule has 0 heteroatoms. The Morgan fingerprint density at radius 1 is 0.773 bits per heavy atom. The highest BCUT2D eigenvalue weighted by atomic mass is 14.2. The van der Waals surface area contributed by atoms with Crippen LogP contribution in [-0.2, 0) is 6.42 Å². The molecule has 112 valence electrons. The molecule has 0 nitrogen and oxygen atoms in total. The molecule has 22 heavy (non-hydrogen) atoms. The molecule has 0 N–H and O–H groups in total. The molecule has 0 aliphatic heterocycles. The fraction of sp³-hybridized carbons (Fsp3) is 0.273. The van der Waals surface area contributed by atoms with E-state index in [9.17, 15) is 0 Å². The Kier molecular flexibility index (Phi) is 4.90. The molecule has 0 aromatic heterocycles. The third-order valence-corrected chi connectivity index (χ3v) is 4.47. The SMILES string of the molecule is CCCCC(Cc1ccc2ccccc2c1)c1ccccc1. The lowest BCUT2D eigenvalue weighted by Crippen LogP contribution is -2.03. The van der Waals surface area contributed by atoms with E-state index >= 15 is 0 Å². The second kappa shape index (κ2) is 7.26. The van der Waals surface area contributed by atoms with Gasteiger partial charge < -0.3 is 0 Å². The van der Waals surface area contributed by atoms with E-state index in [0.717, 1.165) is 6.42 Å². The van der Waals surface area contributed by atoms with Crippen LogP contribution in [0.5, 0.6) is 0 Å². The molecular weight excluding hydrogens is 264 g/mol. The number of hydrogen-bond acceptors (Lipinski definition) is 0. The molecule has 0 bridgehead atoms. The number of benzene rings is 3. The maximum Gasteiger partial charge on any atom is -0.0121 e. The Morgan fingerprint density at radius 2 is 1.50 bits per heavy atom. The minimum Gasteiger partial charge on any atom is -0.0654 e. The van der Waals surface area contributed by atoms with E-state index in [4.69, 9.17) is 0 Å². The van der Waals surface area contributed by atoms with Crippen LogP contribution in [0.3, 0.4) is 0 Å². The summed E-state index contributed by atoms with van der Waals surface area (Å²) in [6.45, 7) is 2.28. The van der Waals surface area contributed by atoms with Gasteiger partial charge in [-0.05, 0) is 40.7 Å². The summed E-state index contributed by atoms with van der Waals surface area (Å²) in [5, 5.41) is 2.68. The highest BCUT2D eigenvalue weighted by Crippen LogP contribution is 2.27. The number of hydrogen-bond donors (Lipinski definition) is 0. The van der Waals surface area contributed by atoms with Crippen LogP contribution in [0.15, 0.2) is 72.8 Å². The topological polar surface area (TPSA) is 0 Å². The molecule has 0 spiro atoms. The average Bonchev–Trinajstić information content (AvgIpc) is 2.59. The van der Waals surface area contributed by atoms with Crippen LogP contribution in [0.25, 0.3) is 10.8 Å². The van der Waals surface area contributed by atoms with Crippen molar-refractivity contribution in [3.63, 3.8) is 0 Å². The second-order valence-electron chi connectivity index (χ2n) is 6.14. The molecule has 0 radical (unpaired) electrons. The summed E-state index contributed by atoms with van der Waals surface area (Å²) in [5.41, 5.74) is 2.92. The average molecular weight is 288 g/mol. The third-order valence-electron chi connectivity index (χ3n) is 4.47. The van der Waals surface area contributed by atoms with Gasteiger partial charge in [0.15, 0.2) is 0 Å². The monoisotopic (exact) mass is 288 g/mol. The van der Waals surface area contributed by atoms with Crippen molar-refractivity contribution in [1.29, 1.82) is 0 Å². The van der Waals surface area contributed by atoms with Gasteiger partial charge in [0.25, 0.3) is 0 Å². The van der Waals surface area contributed by atoms with Crippen LogP contribution < -0.4 is 0 Å². The molecule has 1 unspecified atom stereocenters. The third kappa shape index (κ3) is 3.57. The van der Waals surface area contributed by atoms with Crippen molar-refractivity contribution in [2.75, 3.05) is 0 Å². The van der Waals surface area contributed by atoms with Crippen LogP contribution in [0, 0.1) is 0 Å². The predicted octanol–water partition coefficient (Wildman–Crippen LogP) is 6.36. The van der Waals surface area contributed by atoms with E-state index in [1.54, 1.807) is 0 Å². The quantitative estimate of drug-likeness (QED) is 0.495. The van der Waals surface area contributed by atoms with Gasteiger partial charge in [-0.1, -0.05) is 92.6 Å². The standard InChI is InChI=1S/C22H24/c1-2-3-9-21(19-10-5-4-6-11-19)16-18-14-15-20-12-7-8-13-22(20)17-18/h4-8,10-15,17,21H,2-3,9,16H2,1H3. The highest BCUT2D eigenvalue weighted by molar-refractivity contribution is 5.83. The van der Waals surface area contributed by atoms with Crippen LogP contribution in [-0.4, -0.2) is 0 Å². The van der Waals surface area contributed by atoms with Crippen molar-refractivity contribution < 1.29 is 0 Å². The van der Waals surface area contributed by atoms with E-state index < -0.39 is 0 Å². The second-order valence-corrected chi connectivity index (χ2v) is 6.14. The number of rotatable bonds is 6. The molecule has 0 amide bonds. The van der Waals surface area contributed by atoms with Crippen molar-refractivity contribution in [1.82, 2.24) is 0 Å². The Hall–Kier alpha value is -2.08. The lowest BCUT2D eigenvalue weighted by Gasteiger charge is -2.17. The smallest absolute Gasteiger partial charge is 0.0121 e. The molecule has 0 saturated carbocycles. The Labute approximate surface area is 133 Å². The Balaban J connectivity index is 1.84. The van der Waals surface area contributed by atoms with Crippen molar-refractivity contribution in [2.24, 2.45) is 0 Å². The van der Waals surface area contributed by atoms with E-state index in [1.807, 2.05) is 0 Å².